The number of ether oxygens (including phenoxy) is 1. The molecule has 5 heteroatoms. The largest absolute Gasteiger partial charge is 0.439 e. The zero-order valence-corrected chi connectivity index (χ0v) is 20.0. The Kier molecular flexibility index (Phi) is 6.08. The topological polar surface area (TPSA) is 85.4 Å². The van der Waals surface area contributed by atoms with Crippen molar-refractivity contribution in [1.82, 2.24) is 4.98 Å². The molecule has 5 nitrogen and oxygen atoms in total. The quantitative estimate of drug-likeness (QED) is 0.521. The molecule has 0 unspecified atom stereocenters. The number of rotatable bonds is 5. The highest BCUT2D eigenvalue weighted by Crippen LogP contribution is 2.54. The van der Waals surface area contributed by atoms with Crippen molar-refractivity contribution in [3.05, 3.63) is 89.1 Å². The fraction of sp³-hybridized carbons (Fsp3) is 0.333. The van der Waals surface area contributed by atoms with Crippen LogP contribution < -0.4 is 10.5 Å². The fourth-order valence-corrected chi connectivity index (χ4v) is 6.07. The molecule has 0 saturated heterocycles. The van der Waals surface area contributed by atoms with Crippen molar-refractivity contribution in [2.45, 2.75) is 56.5 Å². The second kappa shape index (κ2) is 9.20. The lowest BCUT2D eigenvalue weighted by Crippen LogP contribution is -2.50. The second-order valence-corrected chi connectivity index (χ2v) is 9.84. The number of benzene rings is 2. The van der Waals surface area contributed by atoms with E-state index in [1.165, 1.54) is 22.9 Å². The van der Waals surface area contributed by atoms with Gasteiger partial charge in [-0.1, -0.05) is 42.3 Å². The summed E-state index contributed by atoms with van der Waals surface area (Å²) in [6.07, 6.45) is 6.57. The number of carbonyl (C=O) groups is 1. The average Bonchev–Trinajstić information content (AvgIpc) is 2.85. The molecular weight excluding hydrogens is 436 g/mol. The van der Waals surface area contributed by atoms with E-state index in [4.69, 9.17) is 10.5 Å². The van der Waals surface area contributed by atoms with Crippen LogP contribution >= 0.6 is 0 Å². The zero-order valence-electron chi connectivity index (χ0n) is 20.0. The molecule has 5 rings (SSSR count). The molecule has 178 valence electrons. The van der Waals surface area contributed by atoms with Crippen molar-refractivity contribution in [3.8, 4) is 23.5 Å². The van der Waals surface area contributed by atoms with Crippen molar-refractivity contribution in [3.63, 3.8) is 0 Å². The van der Waals surface area contributed by atoms with E-state index in [9.17, 15) is 9.90 Å². The standard InChI is InChI=1S/C30H30N2O3/c1-2-14-29(34)15-16-30(18-21-6-4-3-5-7-21)24(19-29)10-8-22-17-25(11-12-26(22)30)35-27-13-9-23(20-32-27)28(31)33/h3-7,9,11-13,17,20,24,34H,8,10,15-16,18-19H2,1H3,(H2,31,33)/t24-,29-,30+/m1/s1. The minimum absolute atomic E-state index is 0.0451. The van der Waals surface area contributed by atoms with Crippen molar-refractivity contribution in [2.24, 2.45) is 11.7 Å². The Hall–Kier alpha value is -3.62. The second-order valence-electron chi connectivity index (χ2n) is 9.84. The number of pyridine rings is 1. The van der Waals surface area contributed by atoms with Crippen LogP contribution in [0.4, 0.5) is 0 Å². The van der Waals surface area contributed by atoms with E-state index in [2.05, 4.69) is 59.3 Å². The first kappa shape index (κ1) is 23.1. The number of amides is 1. The summed E-state index contributed by atoms with van der Waals surface area (Å²) < 4.78 is 6.01. The number of nitrogens with zero attached hydrogens (tertiary/aromatic N) is 1. The summed E-state index contributed by atoms with van der Waals surface area (Å²) in [6, 6.07) is 20.2. The summed E-state index contributed by atoms with van der Waals surface area (Å²) in [5.74, 6) is 7.02. The van der Waals surface area contributed by atoms with Crippen LogP contribution in [0, 0.1) is 17.8 Å². The highest BCUT2D eigenvalue weighted by Gasteiger charge is 2.51. The molecule has 3 N–H and O–H groups in total. The van der Waals surface area contributed by atoms with E-state index >= 15 is 0 Å². The van der Waals surface area contributed by atoms with Crippen LogP contribution in [0.15, 0.2) is 66.9 Å². The highest BCUT2D eigenvalue weighted by atomic mass is 16.5. The summed E-state index contributed by atoms with van der Waals surface area (Å²) in [6.45, 7) is 1.80. The maximum Gasteiger partial charge on any atom is 0.250 e. The van der Waals surface area contributed by atoms with Crippen molar-refractivity contribution in [2.75, 3.05) is 0 Å². The Balaban J connectivity index is 1.48. The van der Waals surface area contributed by atoms with Gasteiger partial charge in [-0.25, -0.2) is 4.98 Å². The summed E-state index contributed by atoms with van der Waals surface area (Å²) in [4.78, 5) is 15.5. The van der Waals surface area contributed by atoms with Crippen LogP contribution in [0.5, 0.6) is 11.6 Å². The van der Waals surface area contributed by atoms with Crippen molar-refractivity contribution >= 4 is 5.91 Å². The van der Waals surface area contributed by atoms with Gasteiger partial charge in [0.25, 0.3) is 0 Å². The first-order valence-corrected chi connectivity index (χ1v) is 12.2. The number of fused-ring (bicyclic) bond motifs is 3. The first-order valence-electron chi connectivity index (χ1n) is 12.2. The average molecular weight is 467 g/mol. The SMILES string of the molecule is CC#C[C@@]1(O)CC[C@@]2(Cc3ccccc3)c3ccc(Oc4ccc(C(N)=O)cn4)cc3CC[C@@H]2C1. The molecular formula is C30H30N2O3. The predicted molar refractivity (Wildman–Crippen MR) is 135 cm³/mol. The molecule has 0 radical (unpaired) electrons. The third kappa shape index (κ3) is 4.54. The maximum absolute atomic E-state index is 11.3. The number of aliphatic hydroxyl groups is 1. The number of hydrogen-bond donors (Lipinski definition) is 2. The number of hydrogen-bond acceptors (Lipinski definition) is 4. The van der Waals surface area contributed by atoms with Crippen LogP contribution in [0.2, 0.25) is 0 Å². The van der Waals surface area contributed by atoms with Gasteiger partial charge in [-0.15, -0.1) is 5.92 Å². The maximum atomic E-state index is 11.3. The number of aryl methyl sites for hydroxylation is 1. The van der Waals surface area contributed by atoms with Gasteiger partial charge in [-0.3, -0.25) is 4.79 Å². The number of aromatic nitrogens is 1. The normalized spacial score (nSPS) is 24.9. The van der Waals surface area contributed by atoms with Gasteiger partial charge >= 0.3 is 0 Å². The number of primary amides is 1. The molecule has 3 atom stereocenters. The Morgan fingerprint density at radius 1 is 1.17 bits per heavy atom. The third-order valence-electron chi connectivity index (χ3n) is 7.69. The molecule has 35 heavy (non-hydrogen) atoms. The van der Waals surface area contributed by atoms with Gasteiger partial charge in [0.1, 0.15) is 11.4 Å². The molecule has 1 heterocycles. The van der Waals surface area contributed by atoms with E-state index < -0.39 is 11.5 Å². The van der Waals surface area contributed by atoms with Crippen LogP contribution in [0.3, 0.4) is 0 Å². The minimum Gasteiger partial charge on any atom is -0.439 e. The summed E-state index contributed by atoms with van der Waals surface area (Å²) in [5.41, 5.74) is 8.67. The highest BCUT2D eigenvalue weighted by molar-refractivity contribution is 5.92. The van der Waals surface area contributed by atoms with Gasteiger partial charge in [-0.05, 0) is 86.3 Å². The van der Waals surface area contributed by atoms with E-state index in [1.54, 1.807) is 19.1 Å². The summed E-state index contributed by atoms with van der Waals surface area (Å²) in [7, 11) is 0. The fourth-order valence-electron chi connectivity index (χ4n) is 6.07. The third-order valence-corrected chi connectivity index (χ3v) is 7.69. The molecule has 0 aliphatic heterocycles. The van der Waals surface area contributed by atoms with Gasteiger partial charge in [0.2, 0.25) is 11.8 Å². The summed E-state index contributed by atoms with van der Waals surface area (Å²) >= 11 is 0. The lowest BCUT2D eigenvalue weighted by atomic mass is 9.52. The molecule has 2 aliphatic carbocycles. The Morgan fingerprint density at radius 2 is 2.00 bits per heavy atom. The number of nitrogens with two attached hydrogens (primary N) is 1. The Labute approximate surface area is 206 Å². The lowest BCUT2D eigenvalue weighted by Gasteiger charge is -2.52. The number of carbonyl (C=O) groups excluding carboxylic acids is 1. The molecule has 2 aromatic carbocycles. The van der Waals surface area contributed by atoms with E-state index in [-0.39, 0.29) is 5.41 Å². The first-order chi connectivity index (χ1) is 16.9. The monoisotopic (exact) mass is 466 g/mol. The van der Waals surface area contributed by atoms with Crippen molar-refractivity contribution < 1.29 is 14.6 Å². The summed E-state index contributed by atoms with van der Waals surface area (Å²) in [5, 5.41) is 11.2. The van der Waals surface area contributed by atoms with Gasteiger partial charge in [-0.2, -0.15) is 0 Å². The molecule has 0 spiro atoms. The van der Waals surface area contributed by atoms with Gasteiger partial charge in [0.15, 0.2) is 0 Å². The van der Waals surface area contributed by atoms with Crippen LogP contribution in [-0.2, 0) is 18.3 Å². The van der Waals surface area contributed by atoms with Gasteiger partial charge in [0, 0.05) is 17.7 Å². The molecule has 0 bridgehead atoms. The van der Waals surface area contributed by atoms with Crippen molar-refractivity contribution in [1.29, 1.82) is 0 Å². The molecule has 2 aliphatic rings. The smallest absolute Gasteiger partial charge is 0.250 e. The van der Waals surface area contributed by atoms with Crippen LogP contribution in [-0.4, -0.2) is 21.6 Å². The Bertz CT molecular complexity index is 1290. The molecule has 3 aromatic rings. The molecule has 1 fully saturated rings. The molecule has 1 aromatic heterocycles. The van der Waals surface area contributed by atoms with E-state index in [0.717, 1.165) is 31.4 Å². The lowest BCUT2D eigenvalue weighted by molar-refractivity contribution is -0.00804. The molecule has 1 saturated carbocycles. The zero-order chi connectivity index (χ0) is 24.5. The van der Waals surface area contributed by atoms with E-state index in [0.29, 0.717) is 30.2 Å². The Morgan fingerprint density at radius 3 is 2.71 bits per heavy atom. The van der Waals surface area contributed by atoms with Crippen LogP contribution in [0.1, 0.15) is 59.7 Å². The van der Waals surface area contributed by atoms with Gasteiger partial charge < -0.3 is 15.6 Å². The minimum atomic E-state index is -0.900. The van der Waals surface area contributed by atoms with Gasteiger partial charge in [0.05, 0.1) is 5.56 Å². The molecule has 1 amide bonds. The van der Waals surface area contributed by atoms with Crippen LogP contribution in [0.25, 0.3) is 0 Å². The van der Waals surface area contributed by atoms with E-state index in [1.807, 2.05) is 6.07 Å². The predicted octanol–water partition coefficient (Wildman–Crippen LogP) is 4.95.